The highest BCUT2D eigenvalue weighted by Crippen LogP contribution is 2.39. The zero-order valence-electron chi connectivity index (χ0n) is 13.3. The number of aromatic nitrogens is 1. The lowest BCUT2D eigenvalue weighted by atomic mass is 9.79. The van der Waals surface area contributed by atoms with E-state index in [9.17, 15) is 4.79 Å². The molecular weight excluding hydrogens is 278 g/mol. The van der Waals surface area contributed by atoms with Crippen molar-refractivity contribution in [1.82, 2.24) is 14.8 Å². The van der Waals surface area contributed by atoms with Gasteiger partial charge in [-0.2, -0.15) is 0 Å². The molecule has 1 atom stereocenters. The van der Waals surface area contributed by atoms with Gasteiger partial charge in [0.1, 0.15) is 0 Å². The zero-order valence-corrected chi connectivity index (χ0v) is 13.3. The Morgan fingerprint density at radius 2 is 2.27 bits per heavy atom. The van der Waals surface area contributed by atoms with Crippen molar-refractivity contribution in [3.8, 4) is 0 Å². The van der Waals surface area contributed by atoms with Gasteiger partial charge in [-0.15, -0.1) is 0 Å². The summed E-state index contributed by atoms with van der Waals surface area (Å²) in [5.74, 6) is 0.127. The number of carbonyl (C=O) groups is 1. The lowest BCUT2D eigenvalue weighted by molar-refractivity contribution is 0.0519. The Balaban J connectivity index is 1.64. The molecule has 3 rings (SSSR count). The monoisotopic (exact) mass is 303 g/mol. The van der Waals surface area contributed by atoms with Crippen LogP contribution < -0.4 is 0 Å². The molecule has 0 saturated carbocycles. The van der Waals surface area contributed by atoms with Crippen LogP contribution in [-0.4, -0.2) is 67.1 Å². The molecule has 2 aliphatic heterocycles. The Bertz CT molecular complexity index is 508. The van der Waals surface area contributed by atoms with E-state index in [1.54, 1.807) is 19.5 Å². The van der Waals surface area contributed by atoms with Crippen molar-refractivity contribution in [3.05, 3.63) is 30.1 Å². The molecule has 1 aromatic rings. The van der Waals surface area contributed by atoms with E-state index in [-0.39, 0.29) is 11.3 Å². The van der Waals surface area contributed by atoms with Crippen LogP contribution in [0.1, 0.15) is 29.6 Å². The second-order valence-electron chi connectivity index (χ2n) is 6.59. The Labute approximate surface area is 132 Å². The van der Waals surface area contributed by atoms with Crippen molar-refractivity contribution >= 4 is 5.91 Å². The van der Waals surface area contributed by atoms with Crippen LogP contribution in [0.25, 0.3) is 0 Å². The number of amides is 1. The van der Waals surface area contributed by atoms with Crippen molar-refractivity contribution < 1.29 is 9.53 Å². The minimum Gasteiger partial charge on any atom is -0.383 e. The molecule has 0 unspecified atom stereocenters. The molecule has 3 heterocycles. The second kappa shape index (κ2) is 6.75. The molecule has 0 bridgehead atoms. The first kappa shape index (κ1) is 15.4. The third-order valence-corrected chi connectivity index (χ3v) is 4.99. The Kier molecular flexibility index (Phi) is 4.74. The van der Waals surface area contributed by atoms with Crippen molar-refractivity contribution in [1.29, 1.82) is 0 Å². The number of methoxy groups -OCH3 is 1. The van der Waals surface area contributed by atoms with Gasteiger partial charge in [0.05, 0.1) is 12.2 Å². The van der Waals surface area contributed by atoms with Gasteiger partial charge in [-0.1, -0.05) is 0 Å². The van der Waals surface area contributed by atoms with Crippen molar-refractivity contribution in [3.63, 3.8) is 0 Å². The summed E-state index contributed by atoms with van der Waals surface area (Å²) in [6.07, 6.45) is 6.90. The van der Waals surface area contributed by atoms with Gasteiger partial charge in [-0.3, -0.25) is 9.78 Å². The van der Waals surface area contributed by atoms with Gasteiger partial charge >= 0.3 is 0 Å². The molecule has 0 radical (unpaired) electrons. The van der Waals surface area contributed by atoms with E-state index in [2.05, 4.69) is 9.88 Å². The van der Waals surface area contributed by atoms with E-state index in [0.29, 0.717) is 5.56 Å². The predicted molar refractivity (Wildman–Crippen MR) is 84.7 cm³/mol. The molecule has 1 aromatic heterocycles. The first-order chi connectivity index (χ1) is 10.7. The predicted octanol–water partition coefficient (Wildman–Crippen LogP) is 1.66. The Morgan fingerprint density at radius 3 is 3.05 bits per heavy atom. The number of nitrogens with zero attached hydrogens (tertiary/aromatic N) is 3. The Morgan fingerprint density at radius 1 is 1.36 bits per heavy atom. The van der Waals surface area contributed by atoms with Crippen LogP contribution in [0.5, 0.6) is 0 Å². The van der Waals surface area contributed by atoms with Crippen LogP contribution in [-0.2, 0) is 4.74 Å². The molecule has 0 N–H and O–H groups in total. The molecular formula is C17H25N3O2. The Hall–Kier alpha value is -1.46. The maximum Gasteiger partial charge on any atom is 0.255 e. The molecule has 2 fully saturated rings. The largest absolute Gasteiger partial charge is 0.383 e. The molecule has 0 aliphatic carbocycles. The number of hydrogen-bond acceptors (Lipinski definition) is 4. The average molecular weight is 303 g/mol. The fourth-order valence-electron chi connectivity index (χ4n) is 3.83. The number of piperidine rings is 1. The summed E-state index contributed by atoms with van der Waals surface area (Å²) in [4.78, 5) is 21.2. The quantitative estimate of drug-likeness (QED) is 0.848. The van der Waals surface area contributed by atoms with Gasteiger partial charge in [-0.25, -0.2) is 0 Å². The molecule has 5 heteroatoms. The normalized spacial score (nSPS) is 25.8. The number of likely N-dealkylation sites (tertiary alicyclic amines) is 2. The molecule has 5 nitrogen and oxygen atoms in total. The van der Waals surface area contributed by atoms with Gasteiger partial charge < -0.3 is 14.5 Å². The van der Waals surface area contributed by atoms with Gasteiger partial charge in [0.2, 0.25) is 0 Å². The maximum atomic E-state index is 12.6. The molecule has 2 aliphatic rings. The fraction of sp³-hybridized carbons (Fsp3) is 0.647. The number of rotatable bonds is 4. The number of carbonyl (C=O) groups excluding carboxylic acids is 1. The van der Waals surface area contributed by atoms with Crippen molar-refractivity contribution in [2.24, 2.45) is 5.41 Å². The topological polar surface area (TPSA) is 45.7 Å². The highest BCUT2D eigenvalue weighted by atomic mass is 16.5. The van der Waals surface area contributed by atoms with E-state index in [1.165, 1.54) is 12.8 Å². The van der Waals surface area contributed by atoms with Gasteiger partial charge in [0.25, 0.3) is 5.91 Å². The van der Waals surface area contributed by atoms with Crippen LogP contribution >= 0.6 is 0 Å². The van der Waals surface area contributed by atoms with Crippen LogP contribution in [0.2, 0.25) is 0 Å². The maximum absolute atomic E-state index is 12.6. The van der Waals surface area contributed by atoms with E-state index in [0.717, 1.165) is 45.8 Å². The van der Waals surface area contributed by atoms with Crippen LogP contribution in [0.3, 0.4) is 0 Å². The molecule has 22 heavy (non-hydrogen) atoms. The summed E-state index contributed by atoms with van der Waals surface area (Å²) in [6.45, 7) is 5.74. The zero-order chi connectivity index (χ0) is 15.4. The lowest BCUT2D eigenvalue weighted by Gasteiger charge is -2.40. The van der Waals surface area contributed by atoms with E-state index < -0.39 is 0 Å². The smallest absolute Gasteiger partial charge is 0.255 e. The number of pyridine rings is 1. The minimum atomic E-state index is 0.127. The summed E-state index contributed by atoms with van der Waals surface area (Å²) in [7, 11) is 1.75. The fourth-order valence-corrected chi connectivity index (χ4v) is 3.83. The summed E-state index contributed by atoms with van der Waals surface area (Å²) in [5, 5.41) is 0. The van der Waals surface area contributed by atoms with E-state index in [1.807, 2.05) is 17.0 Å². The summed E-state index contributed by atoms with van der Waals surface area (Å²) in [5.41, 5.74) is 0.984. The average Bonchev–Trinajstić information content (AvgIpc) is 2.95. The first-order valence-electron chi connectivity index (χ1n) is 8.13. The van der Waals surface area contributed by atoms with Gasteiger partial charge in [-0.05, 0) is 37.9 Å². The summed E-state index contributed by atoms with van der Waals surface area (Å²) >= 11 is 0. The molecule has 1 amide bonds. The number of ether oxygens (including phenoxy) is 1. The van der Waals surface area contributed by atoms with Crippen LogP contribution in [0, 0.1) is 5.41 Å². The van der Waals surface area contributed by atoms with Gasteiger partial charge in [0, 0.05) is 51.1 Å². The standard InChI is InChI=1S/C17H25N3O2/c1-22-11-10-19-9-6-17(13-19)5-3-8-20(14-17)16(21)15-4-2-7-18-12-15/h2,4,7,12H,3,5-6,8-11,13-14H2,1H3/t17-/m0/s1. The van der Waals surface area contributed by atoms with Crippen LogP contribution in [0.15, 0.2) is 24.5 Å². The second-order valence-corrected chi connectivity index (χ2v) is 6.59. The van der Waals surface area contributed by atoms with Crippen LogP contribution in [0.4, 0.5) is 0 Å². The van der Waals surface area contributed by atoms with E-state index in [4.69, 9.17) is 4.74 Å². The third kappa shape index (κ3) is 3.31. The van der Waals surface area contributed by atoms with Crippen molar-refractivity contribution in [2.75, 3.05) is 46.4 Å². The SMILES string of the molecule is COCCN1CC[C@@]2(CCCN(C(=O)c3cccnc3)C2)C1. The first-order valence-corrected chi connectivity index (χ1v) is 8.13. The highest BCUT2D eigenvalue weighted by molar-refractivity contribution is 5.93. The minimum absolute atomic E-state index is 0.127. The summed E-state index contributed by atoms with van der Waals surface area (Å²) < 4.78 is 5.18. The molecule has 1 spiro atoms. The molecule has 120 valence electrons. The number of hydrogen-bond donors (Lipinski definition) is 0. The van der Waals surface area contributed by atoms with Crippen molar-refractivity contribution in [2.45, 2.75) is 19.3 Å². The third-order valence-electron chi connectivity index (χ3n) is 4.99. The lowest BCUT2D eigenvalue weighted by Crippen LogP contribution is -2.47. The molecule has 0 aromatic carbocycles. The van der Waals surface area contributed by atoms with Gasteiger partial charge in [0.15, 0.2) is 0 Å². The summed E-state index contributed by atoms with van der Waals surface area (Å²) in [6, 6.07) is 3.69. The molecule has 2 saturated heterocycles. The highest BCUT2D eigenvalue weighted by Gasteiger charge is 2.42. The van der Waals surface area contributed by atoms with E-state index >= 15 is 0 Å².